The van der Waals surface area contributed by atoms with Gasteiger partial charge in [-0.15, -0.1) is 5.11 Å². The van der Waals surface area contributed by atoms with Crippen molar-refractivity contribution in [2.24, 2.45) is 10.2 Å². The van der Waals surface area contributed by atoms with Crippen LogP contribution in [-0.2, 0) is 11.2 Å². The molecular formula is C17H12Cl2N2O3. The standard InChI is InChI=1S/C17H12Cl2N2O3/c18-15(22)12-8-4-5-9-13(12)17(24)21-20-14(16(19)23)10-11-6-2-1-3-7-11/h1-9,14H,10H2. The Hall–Kier alpha value is -2.37. The first-order chi connectivity index (χ1) is 11.5. The van der Waals surface area contributed by atoms with Gasteiger partial charge in [0.05, 0.1) is 5.56 Å². The highest BCUT2D eigenvalue weighted by Crippen LogP contribution is 2.14. The third-order valence-electron chi connectivity index (χ3n) is 3.19. The second kappa shape index (κ2) is 8.47. The number of halogens is 2. The van der Waals surface area contributed by atoms with Gasteiger partial charge in [-0.3, -0.25) is 14.4 Å². The largest absolute Gasteiger partial charge is 0.295 e. The minimum atomic E-state index is -0.989. The number of hydrogen-bond donors (Lipinski definition) is 0. The van der Waals surface area contributed by atoms with Gasteiger partial charge in [-0.2, -0.15) is 5.11 Å². The van der Waals surface area contributed by atoms with Gasteiger partial charge in [0.15, 0.2) is 0 Å². The third kappa shape index (κ3) is 4.81. The number of nitrogens with zero attached hydrogens (tertiary/aromatic N) is 2. The van der Waals surface area contributed by atoms with Crippen LogP contribution in [0.5, 0.6) is 0 Å². The lowest BCUT2D eigenvalue weighted by Crippen LogP contribution is -2.16. The van der Waals surface area contributed by atoms with E-state index in [1.807, 2.05) is 30.3 Å². The zero-order valence-electron chi connectivity index (χ0n) is 12.4. The summed E-state index contributed by atoms with van der Waals surface area (Å²) in [5, 5.41) is 5.76. The summed E-state index contributed by atoms with van der Waals surface area (Å²) in [5.41, 5.74) is 0.876. The van der Waals surface area contributed by atoms with Crippen LogP contribution in [0.25, 0.3) is 0 Å². The number of azo groups is 1. The fourth-order valence-electron chi connectivity index (χ4n) is 2.02. The van der Waals surface area contributed by atoms with Crippen LogP contribution in [0.3, 0.4) is 0 Å². The van der Waals surface area contributed by atoms with E-state index in [0.717, 1.165) is 5.56 Å². The number of carbonyl (C=O) groups is 3. The number of hydrogen-bond acceptors (Lipinski definition) is 4. The second-order valence-corrected chi connectivity index (χ2v) is 5.57. The van der Waals surface area contributed by atoms with E-state index in [-0.39, 0.29) is 17.5 Å². The van der Waals surface area contributed by atoms with Crippen molar-refractivity contribution in [1.29, 1.82) is 0 Å². The zero-order valence-corrected chi connectivity index (χ0v) is 13.9. The molecule has 0 aliphatic heterocycles. The lowest BCUT2D eigenvalue weighted by Gasteiger charge is -2.06. The van der Waals surface area contributed by atoms with Gasteiger partial charge in [0.25, 0.3) is 11.1 Å². The molecule has 0 saturated carbocycles. The smallest absolute Gasteiger partial charge is 0.279 e. The lowest BCUT2D eigenvalue weighted by molar-refractivity contribution is -0.112. The molecule has 0 N–H and O–H groups in total. The fourth-order valence-corrected chi connectivity index (χ4v) is 2.31. The maximum absolute atomic E-state index is 12.1. The van der Waals surface area contributed by atoms with E-state index in [0.29, 0.717) is 0 Å². The molecule has 122 valence electrons. The Morgan fingerprint density at radius 2 is 1.46 bits per heavy atom. The molecule has 2 aromatic carbocycles. The molecule has 0 radical (unpaired) electrons. The summed E-state index contributed by atoms with van der Waals surface area (Å²) in [7, 11) is 0. The molecule has 5 nitrogen and oxygen atoms in total. The van der Waals surface area contributed by atoms with Gasteiger partial charge >= 0.3 is 0 Å². The summed E-state index contributed by atoms with van der Waals surface area (Å²) in [6.45, 7) is 0. The molecule has 2 rings (SSSR count). The molecule has 7 heteroatoms. The van der Waals surface area contributed by atoms with E-state index >= 15 is 0 Å². The van der Waals surface area contributed by atoms with Crippen molar-refractivity contribution >= 4 is 39.6 Å². The minimum Gasteiger partial charge on any atom is -0.279 e. The molecule has 0 fully saturated rings. The van der Waals surface area contributed by atoms with Crippen LogP contribution in [0.1, 0.15) is 26.3 Å². The highest BCUT2D eigenvalue weighted by atomic mass is 35.5. The van der Waals surface area contributed by atoms with Gasteiger partial charge in [0, 0.05) is 12.0 Å². The normalized spacial score (nSPS) is 12.1. The predicted octanol–water partition coefficient (Wildman–Crippen LogP) is 4.03. The highest BCUT2D eigenvalue weighted by Gasteiger charge is 2.19. The van der Waals surface area contributed by atoms with Gasteiger partial charge in [-0.25, -0.2) is 0 Å². The van der Waals surface area contributed by atoms with Gasteiger partial charge in [-0.1, -0.05) is 42.5 Å². The van der Waals surface area contributed by atoms with E-state index in [1.54, 1.807) is 12.1 Å². The van der Waals surface area contributed by atoms with E-state index in [2.05, 4.69) is 10.2 Å². The molecule has 0 bridgehead atoms. The van der Waals surface area contributed by atoms with Crippen LogP contribution in [0.2, 0.25) is 0 Å². The average molecular weight is 363 g/mol. The van der Waals surface area contributed by atoms with E-state index in [4.69, 9.17) is 23.2 Å². The van der Waals surface area contributed by atoms with Crippen LogP contribution in [-0.4, -0.2) is 22.4 Å². The monoisotopic (exact) mass is 362 g/mol. The third-order valence-corrected chi connectivity index (χ3v) is 3.65. The minimum absolute atomic E-state index is 0.0155. The average Bonchev–Trinajstić information content (AvgIpc) is 2.58. The van der Waals surface area contributed by atoms with Crippen molar-refractivity contribution in [2.75, 3.05) is 0 Å². The fraction of sp³-hybridized carbons (Fsp3) is 0.118. The highest BCUT2D eigenvalue weighted by molar-refractivity contribution is 6.68. The molecule has 0 aliphatic carbocycles. The van der Waals surface area contributed by atoms with E-state index in [1.165, 1.54) is 12.1 Å². The molecule has 1 amide bonds. The first-order valence-electron chi connectivity index (χ1n) is 6.96. The van der Waals surface area contributed by atoms with Crippen LogP contribution < -0.4 is 0 Å². The summed E-state index contributed by atoms with van der Waals surface area (Å²) in [4.78, 5) is 34.9. The van der Waals surface area contributed by atoms with Gasteiger partial charge in [0.1, 0.15) is 6.04 Å². The Labute approximate surface area is 148 Å². The quantitative estimate of drug-likeness (QED) is 0.574. The summed E-state index contributed by atoms with van der Waals surface area (Å²) < 4.78 is 0. The van der Waals surface area contributed by atoms with Crippen LogP contribution in [0.4, 0.5) is 0 Å². The Bertz CT molecular complexity index is 791. The predicted molar refractivity (Wildman–Crippen MR) is 90.6 cm³/mol. The molecule has 0 saturated heterocycles. The first-order valence-corrected chi connectivity index (χ1v) is 7.72. The number of carbonyl (C=O) groups excluding carboxylic acids is 3. The van der Waals surface area contributed by atoms with Crippen molar-refractivity contribution in [1.82, 2.24) is 0 Å². The number of benzene rings is 2. The van der Waals surface area contributed by atoms with Crippen molar-refractivity contribution in [3.05, 3.63) is 71.3 Å². The van der Waals surface area contributed by atoms with Crippen LogP contribution >= 0.6 is 23.2 Å². The molecule has 0 aromatic heterocycles. The molecule has 0 spiro atoms. The summed E-state index contributed by atoms with van der Waals surface area (Å²) >= 11 is 11.0. The molecule has 0 heterocycles. The Morgan fingerprint density at radius 3 is 2.04 bits per heavy atom. The van der Waals surface area contributed by atoms with Gasteiger partial charge < -0.3 is 0 Å². The summed E-state index contributed by atoms with van der Waals surface area (Å²) in [5.74, 6) is -0.768. The van der Waals surface area contributed by atoms with Crippen molar-refractivity contribution in [3.63, 3.8) is 0 Å². The van der Waals surface area contributed by atoms with Crippen LogP contribution in [0.15, 0.2) is 64.8 Å². The summed E-state index contributed by atoms with van der Waals surface area (Å²) in [6.07, 6.45) is 0.218. The number of rotatable bonds is 6. The molecule has 0 aliphatic rings. The van der Waals surface area contributed by atoms with E-state index < -0.39 is 22.4 Å². The maximum atomic E-state index is 12.1. The Kier molecular flexibility index (Phi) is 6.35. The Morgan fingerprint density at radius 1 is 0.875 bits per heavy atom. The molecular weight excluding hydrogens is 351 g/mol. The molecule has 24 heavy (non-hydrogen) atoms. The zero-order chi connectivity index (χ0) is 17.5. The van der Waals surface area contributed by atoms with Gasteiger partial charge in [0.2, 0.25) is 5.24 Å². The Balaban J connectivity index is 2.19. The van der Waals surface area contributed by atoms with Crippen molar-refractivity contribution < 1.29 is 14.4 Å². The molecule has 2 aromatic rings. The molecule has 1 unspecified atom stereocenters. The summed E-state index contributed by atoms with van der Waals surface area (Å²) in [6, 6.07) is 14.1. The van der Waals surface area contributed by atoms with Crippen molar-refractivity contribution in [3.8, 4) is 0 Å². The van der Waals surface area contributed by atoms with Crippen LogP contribution in [0, 0.1) is 0 Å². The van der Waals surface area contributed by atoms with E-state index in [9.17, 15) is 14.4 Å². The van der Waals surface area contributed by atoms with Gasteiger partial charge in [-0.05, 0) is 40.9 Å². The first kappa shape index (κ1) is 18.0. The maximum Gasteiger partial charge on any atom is 0.295 e. The molecule has 1 atom stereocenters. The topological polar surface area (TPSA) is 75.9 Å². The lowest BCUT2D eigenvalue weighted by atomic mass is 10.1. The second-order valence-electron chi connectivity index (χ2n) is 4.85. The SMILES string of the molecule is O=C(Cl)c1ccccc1C(=O)N=NC(Cc1ccccc1)C(=O)Cl. The number of amides is 1. The van der Waals surface area contributed by atoms with Crippen molar-refractivity contribution in [2.45, 2.75) is 12.5 Å².